The average Bonchev–Trinajstić information content (AvgIpc) is 3.03. The summed E-state index contributed by atoms with van der Waals surface area (Å²) in [5.74, 6) is 0. The molecule has 2 aromatic carbocycles. The molecule has 0 unspecified atom stereocenters. The van der Waals surface area contributed by atoms with Crippen LogP contribution in [0.5, 0.6) is 0 Å². The molecule has 0 radical (unpaired) electrons. The number of hydrogen-bond donors (Lipinski definition) is 2. The minimum Gasteiger partial charge on any atom is -0.324 e. The zero-order chi connectivity index (χ0) is 20.7. The van der Waals surface area contributed by atoms with Gasteiger partial charge in [-0.25, -0.2) is 9.69 Å². The number of benzene rings is 2. The maximum Gasteiger partial charge on any atom is 0.187 e. The highest BCUT2D eigenvalue weighted by atomic mass is 14.7. The Bertz CT molecular complexity index is 907. The Hall–Kier alpha value is -2.66. The molecule has 0 spiro atoms. The van der Waals surface area contributed by atoms with E-state index in [1.165, 1.54) is 11.1 Å². The fourth-order valence-corrected chi connectivity index (χ4v) is 4.25. The van der Waals surface area contributed by atoms with Crippen LogP contribution in [0.15, 0.2) is 36.4 Å². The molecule has 0 saturated heterocycles. The topological polar surface area (TPSA) is 60.8 Å². The van der Waals surface area contributed by atoms with E-state index in [2.05, 4.69) is 37.4 Å². The summed E-state index contributed by atoms with van der Waals surface area (Å²) in [6.45, 7) is 22.6. The summed E-state index contributed by atoms with van der Waals surface area (Å²) in [7, 11) is 0. The van der Waals surface area contributed by atoms with Gasteiger partial charge in [0, 0.05) is 12.1 Å². The summed E-state index contributed by atoms with van der Waals surface area (Å²) in [4.78, 5) is 6.85. The first-order chi connectivity index (χ1) is 13.1. The van der Waals surface area contributed by atoms with Crippen LogP contribution in [0.3, 0.4) is 0 Å². The standard InChI is InChI=1S/2C12H14N2/c2*1-12(2)7-8-4-5-9(14-3)6-10(8)11(12)13/h2*4-6,11H,7,13H2,1-2H3/t2*11-/m10/s1. The zero-order valence-electron chi connectivity index (χ0n) is 17.1. The van der Waals surface area contributed by atoms with Crippen molar-refractivity contribution in [1.82, 2.24) is 0 Å². The Morgan fingerprint density at radius 1 is 0.750 bits per heavy atom. The average molecular weight is 373 g/mol. The second-order valence-electron chi connectivity index (χ2n) is 9.28. The van der Waals surface area contributed by atoms with Crippen LogP contribution in [0.4, 0.5) is 11.4 Å². The van der Waals surface area contributed by atoms with Crippen molar-refractivity contribution in [2.75, 3.05) is 0 Å². The van der Waals surface area contributed by atoms with Crippen molar-refractivity contribution < 1.29 is 0 Å². The van der Waals surface area contributed by atoms with Crippen LogP contribution in [0.2, 0.25) is 0 Å². The largest absolute Gasteiger partial charge is 0.324 e. The summed E-state index contributed by atoms with van der Waals surface area (Å²) < 4.78 is 0. The molecule has 2 atom stereocenters. The fourth-order valence-electron chi connectivity index (χ4n) is 4.25. The number of nitrogens with two attached hydrogens (primary N) is 2. The molecule has 0 bridgehead atoms. The van der Waals surface area contributed by atoms with Crippen LogP contribution in [0, 0.1) is 24.0 Å². The van der Waals surface area contributed by atoms with Gasteiger partial charge >= 0.3 is 0 Å². The van der Waals surface area contributed by atoms with Crippen LogP contribution in [0.1, 0.15) is 62.0 Å². The lowest BCUT2D eigenvalue weighted by atomic mass is 9.86. The van der Waals surface area contributed by atoms with Crippen LogP contribution >= 0.6 is 0 Å². The van der Waals surface area contributed by atoms with E-state index in [1.54, 1.807) is 0 Å². The third-order valence-electron chi connectivity index (χ3n) is 6.16. The monoisotopic (exact) mass is 372 g/mol. The van der Waals surface area contributed by atoms with Crippen molar-refractivity contribution in [2.24, 2.45) is 22.3 Å². The Morgan fingerprint density at radius 3 is 1.43 bits per heavy atom. The Labute approximate surface area is 168 Å². The molecule has 144 valence electrons. The fraction of sp³-hybridized carbons (Fsp3) is 0.417. The Kier molecular flexibility index (Phi) is 5.06. The molecule has 0 aromatic heterocycles. The number of hydrogen-bond acceptors (Lipinski definition) is 2. The summed E-state index contributed by atoms with van der Waals surface area (Å²) in [6.07, 6.45) is 2.03. The van der Waals surface area contributed by atoms with Crippen LogP contribution in [-0.4, -0.2) is 0 Å². The van der Waals surface area contributed by atoms with Crippen molar-refractivity contribution >= 4 is 11.4 Å². The molecule has 4 N–H and O–H groups in total. The molecule has 0 aliphatic heterocycles. The van der Waals surface area contributed by atoms with Crippen LogP contribution < -0.4 is 11.5 Å². The second kappa shape index (κ2) is 7.06. The number of nitrogens with zero attached hydrogens (tertiary/aromatic N) is 2. The molecule has 0 amide bonds. The van der Waals surface area contributed by atoms with Crippen molar-refractivity contribution in [2.45, 2.75) is 52.6 Å². The van der Waals surface area contributed by atoms with Crippen LogP contribution in [0.25, 0.3) is 9.69 Å². The lowest BCUT2D eigenvalue weighted by Crippen LogP contribution is -2.24. The smallest absolute Gasteiger partial charge is 0.187 e. The Morgan fingerprint density at radius 2 is 1.11 bits per heavy atom. The first-order valence-electron chi connectivity index (χ1n) is 9.61. The van der Waals surface area contributed by atoms with Crippen LogP contribution in [-0.2, 0) is 12.8 Å². The SMILES string of the molecule is [C-]#[N+]c1ccc2c(c1)[C@@H](N)C(C)(C)C2.[C-]#[N+]c1ccc2c(c1)[C@H](N)C(C)(C)C2. The zero-order valence-corrected chi connectivity index (χ0v) is 17.1. The van der Waals surface area contributed by atoms with Gasteiger partial charge in [0.15, 0.2) is 11.4 Å². The Balaban J connectivity index is 0.000000161. The van der Waals surface area contributed by atoms with E-state index in [9.17, 15) is 0 Å². The molecular weight excluding hydrogens is 344 g/mol. The molecule has 28 heavy (non-hydrogen) atoms. The quantitative estimate of drug-likeness (QED) is 0.588. The molecule has 2 aliphatic carbocycles. The highest BCUT2D eigenvalue weighted by Gasteiger charge is 2.37. The molecular formula is C24H28N4. The summed E-state index contributed by atoms with van der Waals surface area (Å²) in [6, 6.07) is 11.8. The molecule has 2 aromatic rings. The lowest BCUT2D eigenvalue weighted by Gasteiger charge is -2.23. The van der Waals surface area contributed by atoms with Gasteiger partial charge in [0.2, 0.25) is 0 Å². The minimum absolute atomic E-state index is 0.0687. The van der Waals surface area contributed by atoms with Crippen molar-refractivity contribution in [3.05, 3.63) is 81.5 Å². The van der Waals surface area contributed by atoms with Crippen molar-refractivity contribution in [3.63, 3.8) is 0 Å². The molecule has 0 saturated carbocycles. The van der Waals surface area contributed by atoms with Gasteiger partial charge in [-0.15, -0.1) is 0 Å². The van der Waals surface area contributed by atoms with E-state index in [0.29, 0.717) is 11.4 Å². The van der Waals surface area contributed by atoms with Gasteiger partial charge in [-0.3, -0.25) is 0 Å². The third kappa shape index (κ3) is 3.54. The minimum atomic E-state index is 0.0687. The molecule has 0 fully saturated rings. The normalized spacial score (nSPS) is 22.9. The maximum absolute atomic E-state index is 6.96. The summed E-state index contributed by atoms with van der Waals surface area (Å²) in [5.41, 5.74) is 18.8. The van der Waals surface area contributed by atoms with E-state index in [4.69, 9.17) is 24.6 Å². The predicted octanol–water partition coefficient (Wildman–Crippen LogP) is 5.64. The van der Waals surface area contributed by atoms with Gasteiger partial charge in [-0.05, 0) is 45.9 Å². The first-order valence-corrected chi connectivity index (χ1v) is 9.61. The summed E-state index contributed by atoms with van der Waals surface area (Å²) in [5, 5.41) is 0. The van der Waals surface area contributed by atoms with Gasteiger partial charge in [-0.2, -0.15) is 0 Å². The van der Waals surface area contributed by atoms with Gasteiger partial charge in [0.05, 0.1) is 13.1 Å². The van der Waals surface area contributed by atoms with E-state index < -0.39 is 0 Å². The highest BCUT2D eigenvalue weighted by Crippen LogP contribution is 2.45. The van der Waals surface area contributed by atoms with E-state index in [-0.39, 0.29) is 22.9 Å². The van der Waals surface area contributed by atoms with Gasteiger partial charge in [0.25, 0.3) is 0 Å². The maximum atomic E-state index is 6.96. The molecule has 4 nitrogen and oxygen atoms in total. The first kappa shape index (κ1) is 20.1. The van der Waals surface area contributed by atoms with Gasteiger partial charge in [0.1, 0.15) is 0 Å². The predicted molar refractivity (Wildman–Crippen MR) is 114 cm³/mol. The van der Waals surface area contributed by atoms with Crippen molar-refractivity contribution in [3.8, 4) is 0 Å². The van der Waals surface area contributed by atoms with E-state index in [1.807, 2.05) is 36.4 Å². The van der Waals surface area contributed by atoms with E-state index >= 15 is 0 Å². The van der Waals surface area contributed by atoms with Crippen molar-refractivity contribution in [1.29, 1.82) is 0 Å². The van der Waals surface area contributed by atoms with Gasteiger partial charge in [-0.1, -0.05) is 64.1 Å². The molecule has 4 rings (SSSR count). The summed E-state index contributed by atoms with van der Waals surface area (Å²) >= 11 is 0. The van der Waals surface area contributed by atoms with Gasteiger partial charge < -0.3 is 11.5 Å². The third-order valence-corrected chi connectivity index (χ3v) is 6.16. The molecule has 4 heteroatoms. The molecule has 0 heterocycles. The second-order valence-corrected chi connectivity index (χ2v) is 9.28. The lowest BCUT2D eigenvalue weighted by molar-refractivity contribution is 0.319. The van der Waals surface area contributed by atoms with E-state index in [0.717, 1.165) is 24.0 Å². The number of fused-ring (bicyclic) bond motifs is 2. The molecule has 2 aliphatic rings. The highest BCUT2D eigenvalue weighted by molar-refractivity contribution is 5.53. The number of rotatable bonds is 0.